The van der Waals surface area contributed by atoms with Crippen LogP contribution in [0.2, 0.25) is 0 Å². The van der Waals surface area contributed by atoms with Gasteiger partial charge in [0.25, 0.3) is 5.91 Å². The van der Waals surface area contributed by atoms with Crippen LogP contribution in [0.3, 0.4) is 0 Å². The second-order valence-electron chi connectivity index (χ2n) is 7.89. The Hall–Kier alpha value is -2.87. The Morgan fingerprint density at radius 1 is 1.33 bits per heavy atom. The van der Waals surface area contributed by atoms with Gasteiger partial charge >= 0.3 is 0 Å². The lowest BCUT2D eigenvalue weighted by Crippen LogP contribution is -2.52. The highest BCUT2D eigenvalue weighted by molar-refractivity contribution is 5.94. The molecule has 0 radical (unpaired) electrons. The molecule has 1 aromatic carbocycles. The van der Waals surface area contributed by atoms with E-state index in [0.717, 1.165) is 5.56 Å². The van der Waals surface area contributed by atoms with Gasteiger partial charge in [-0.3, -0.25) is 9.59 Å². The molecule has 1 aromatic heterocycles. The molecule has 1 aliphatic rings. The van der Waals surface area contributed by atoms with Crippen molar-refractivity contribution in [1.82, 2.24) is 10.1 Å². The van der Waals surface area contributed by atoms with Crippen LogP contribution in [0, 0.1) is 19.3 Å². The number of hydrogen-bond donors (Lipinski definition) is 1. The molecule has 2 aromatic rings. The molecule has 162 valence electrons. The molecule has 0 aliphatic carbocycles. The zero-order valence-electron chi connectivity index (χ0n) is 17.8. The third kappa shape index (κ3) is 4.64. The SMILES string of the molecule is COCCC1(C(N)=O)CCCN(C(=O)c2noc(C)c2COc2cccc(C)c2)C1. The number of aryl methyl sites for hydroxylation is 2. The first-order valence-corrected chi connectivity index (χ1v) is 10.1. The maximum absolute atomic E-state index is 13.2. The van der Waals surface area contributed by atoms with Crippen molar-refractivity contribution in [3.8, 4) is 5.75 Å². The smallest absolute Gasteiger partial charge is 0.276 e. The Morgan fingerprint density at radius 3 is 2.83 bits per heavy atom. The standard InChI is InChI=1S/C22H29N3O5/c1-15-6-4-7-17(12-15)29-13-18-16(2)30-24-19(18)20(26)25-10-5-8-22(14-25,21(23)27)9-11-28-3/h4,6-7,12H,5,8-11,13-14H2,1-3H3,(H2,23,27). The Morgan fingerprint density at radius 2 is 2.13 bits per heavy atom. The topological polar surface area (TPSA) is 108 Å². The molecule has 1 saturated heterocycles. The molecule has 2 amide bonds. The first-order chi connectivity index (χ1) is 14.4. The maximum atomic E-state index is 13.2. The number of amides is 2. The second kappa shape index (κ2) is 9.30. The number of hydrogen-bond acceptors (Lipinski definition) is 6. The predicted molar refractivity (Wildman–Crippen MR) is 110 cm³/mol. The fourth-order valence-electron chi connectivity index (χ4n) is 3.87. The Kier molecular flexibility index (Phi) is 6.77. The zero-order valence-corrected chi connectivity index (χ0v) is 17.8. The highest BCUT2D eigenvalue weighted by Gasteiger charge is 2.42. The van der Waals surface area contributed by atoms with Crippen LogP contribution in [0.4, 0.5) is 0 Å². The third-order valence-electron chi connectivity index (χ3n) is 5.73. The van der Waals surface area contributed by atoms with E-state index >= 15 is 0 Å². The number of methoxy groups -OCH3 is 1. The van der Waals surface area contributed by atoms with Crippen LogP contribution in [0.5, 0.6) is 5.75 Å². The van der Waals surface area contributed by atoms with Crippen LogP contribution >= 0.6 is 0 Å². The summed E-state index contributed by atoms with van der Waals surface area (Å²) in [6.45, 7) is 5.08. The molecular formula is C22H29N3O5. The number of ether oxygens (including phenoxy) is 2. The molecule has 8 nitrogen and oxygen atoms in total. The molecule has 2 heterocycles. The number of rotatable bonds is 8. The highest BCUT2D eigenvalue weighted by atomic mass is 16.5. The van der Waals surface area contributed by atoms with Crippen LogP contribution in [0.1, 0.15) is 46.6 Å². The highest BCUT2D eigenvalue weighted by Crippen LogP contribution is 2.34. The van der Waals surface area contributed by atoms with Gasteiger partial charge in [0.1, 0.15) is 18.1 Å². The number of carbonyl (C=O) groups is 2. The van der Waals surface area contributed by atoms with Crippen molar-refractivity contribution in [1.29, 1.82) is 0 Å². The van der Waals surface area contributed by atoms with E-state index in [9.17, 15) is 9.59 Å². The van der Waals surface area contributed by atoms with Gasteiger partial charge in [-0.1, -0.05) is 17.3 Å². The molecule has 0 spiro atoms. The van der Waals surface area contributed by atoms with Gasteiger partial charge in [-0.2, -0.15) is 0 Å². The van der Waals surface area contributed by atoms with Gasteiger partial charge < -0.3 is 24.6 Å². The van der Waals surface area contributed by atoms with E-state index in [1.807, 2.05) is 31.2 Å². The lowest BCUT2D eigenvalue weighted by Gasteiger charge is -2.40. The Balaban J connectivity index is 1.77. The predicted octanol–water partition coefficient (Wildman–Crippen LogP) is 2.61. The lowest BCUT2D eigenvalue weighted by atomic mass is 9.76. The maximum Gasteiger partial charge on any atom is 0.276 e. The molecule has 0 saturated carbocycles. The molecule has 0 bridgehead atoms. The summed E-state index contributed by atoms with van der Waals surface area (Å²) in [5.74, 6) is 0.552. The molecule has 3 rings (SSSR count). The van der Waals surface area contributed by atoms with E-state index < -0.39 is 11.3 Å². The van der Waals surface area contributed by atoms with Gasteiger partial charge in [0.2, 0.25) is 5.91 Å². The van der Waals surface area contributed by atoms with Crippen LogP contribution in [0.25, 0.3) is 0 Å². The molecule has 8 heteroatoms. The summed E-state index contributed by atoms with van der Waals surface area (Å²) in [5, 5.41) is 3.99. The van der Waals surface area contributed by atoms with E-state index in [-0.39, 0.29) is 24.8 Å². The molecule has 1 fully saturated rings. The van der Waals surface area contributed by atoms with Crippen molar-refractivity contribution in [2.75, 3.05) is 26.8 Å². The number of likely N-dealkylation sites (tertiary alicyclic amines) is 1. The van der Waals surface area contributed by atoms with Crippen LogP contribution < -0.4 is 10.5 Å². The largest absolute Gasteiger partial charge is 0.489 e. The van der Waals surface area contributed by atoms with Crippen LogP contribution in [-0.4, -0.2) is 48.7 Å². The molecule has 2 N–H and O–H groups in total. The minimum absolute atomic E-state index is 0.165. The van der Waals surface area contributed by atoms with E-state index in [1.54, 1.807) is 18.9 Å². The van der Waals surface area contributed by atoms with Crippen molar-refractivity contribution in [2.45, 2.75) is 39.7 Å². The summed E-state index contributed by atoms with van der Waals surface area (Å²) in [6, 6.07) is 7.68. The third-order valence-corrected chi connectivity index (χ3v) is 5.73. The van der Waals surface area contributed by atoms with E-state index in [4.69, 9.17) is 19.7 Å². The molecule has 30 heavy (non-hydrogen) atoms. The summed E-state index contributed by atoms with van der Waals surface area (Å²) >= 11 is 0. The fourth-order valence-corrected chi connectivity index (χ4v) is 3.87. The van der Waals surface area contributed by atoms with Gasteiger partial charge in [0.05, 0.1) is 11.0 Å². The first-order valence-electron chi connectivity index (χ1n) is 10.1. The van der Waals surface area contributed by atoms with Crippen molar-refractivity contribution in [3.63, 3.8) is 0 Å². The minimum Gasteiger partial charge on any atom is -0.489 e. The zero-order chi connectivity index (χ0) is 21.7. The number of aromatic nitrogens is 1. The summed E-state index contributed by atoms with van der Waals surface area (Å²) < 4.78 is 16.3. The monoisotopic (exact) mass is 415 g/mol. The fraction of sp³-hybridized carbons (Fsp3) is 0.500. The van der Waals surface area contributed by atoms with Crippen LogP contribution in [-0.2, 0) is 16.1 Å². The molecular weight excluding hydrogens is 386 g/mol. The average molecular weight is 415 g/mol. The summed E-state index contributed by atoms with van der Waals surface area (Å²) in [7, 11) is 1.58. The average Bonchev–Trinajstić information content (AvgIpc) is 3.10. The Labute approximate surface area is 176 Å². The van der Waals surface area contributed by atoms with Crippen molar-refractivity contribution in [2.24, 2.45) is 11.1 Å². The van der Waals surface area contributed by atoms with Gasteiger partial charge in [-0.05, 0) is 50.8 Å². The summed E-state index contributed by atoms with van der Waals surface area (Å²) in [5.41, 5.74) is 6.83. The minimum atomic E-state index is -0.791. The van der Waals surface area contributed by atoms with Gasteiger partial charge in [-0.15, -0.1) is 0 Å². The quantitative estimate of drug-likeness (QED) is 0.710. The Bertz CT molecular complexity index is 910. The first kappa shape index (κ1) is 21.8. The van der Waals surface area contributed by atoms with Gasteiger partial charge in [0, 0.05) is 26.8 Å². The van der Waals surface area contributed by atoms with Crippen molar-refractivity contribution in [3.05, 3.63) is 46.8 Å². The number of nitrogens with two attached hydrogens (primary N) is 1. The van der Waals surface area contributed by atoms with Crippen molar-refractivity contribution < 1.29 is 23.6 Å². The molecule has 1 atom stereocenters. The number of benzene rings is 1. The van der Waals surface area contributed by atoms with E-state index in [1.165, 1.54) is 0 Å². The van der Waals surface area contributed by atoms with Gasteiger partial charge in [0.15, 0.2) is 5.69 Å². The number of primary amides is 1. The van der Waals surface area contributed by atoms with E-state index in [2.05, 4.69) is 5.16 Å². The number of piperidine rings is 1. The molecule has 1 unspecified atom stereocenters. The van der Waals surface area contributed by atoms with Crippen molar-refractivity contribution >= 4 is 11.8 Å². The van der Waals surface area contributed by atoms with Gasteiger partial charge in [-0.25, -0.2) is 0 Å². The number of nitrogens with zero attached hydrogens (tertiary/aromatic N) is 2. The lowest BCUT2D eigenvalue weighted by molar-refractivity contribution is -0.131. The second-order valence-corrected chi connectivity index (χ2v) is 7.89. The van der Waals surface area contributed by atoms with E-state index in [0.29, 0.717) is 49.5 Å². The summed E-state index contributed by atoms with van der Waals surface area (Å²) in [4.78, 5) is 27.1. The van der Waals surface area contributed by atoms with Crippen LogP contribution in [0.15, 0.2) is 28.8 Å². The normalized spacial score (nSPS) is 19.0. The molecule has 1 aliphatic heterocycles. The number of carbonyl (C=O) groups excluding carboxylic acids is 2. The summed E-state index contributed by atoms with van der Waals surface area (Å²) in [6.07, 6.45) is 1.80.